The lowest BCUT2D eigenvalue weighted by atomic mass is 9.44. The van der Waals surface area contributed by atoms with Gasteiger partial charge in [0, 0.05) is 13.2 Å². The van der Waals surface area contributed by atoms with Gasteiger partial charge in [-0.15, -0.1) is 10.2 Å². The zero-order chi connectivity index (χ0) is 47.6. The molecule has 0 radical (unpaired) electrons. The number of aromatic nitrogens is 6. The van der Waals surface area contributed by atoms with Gasteiger partial charge in [-0.1, -0.05) is 63.8 Å². The summed E-state index contributed by atoms with van der Waals surface area (Å²) in [6.45, 7) is 16.4. The number of primary amides is 1. The van der Waals surface area contributed by atoms with Gasteiger partial charge < -0.3 is 15.9 Å². The smallest absolute Gasteiger partial charge is 0.270 e. The zero-order valence-corrected chi connectivity index (χ0v) is 40.6. The van der Waals surface area contributed by atoms with E-state index < -0.39 is 17.1 Å². The van der Waals surface area contributed by atoms with Crippen LogP contribution in [-0.2, 0) is 22.7 Å². The van der Waals surface area contributed by atoms with Gasteiger partial charge in [0.15, 0.2) is 23.0 Å². The van der Waals surface area contributed by atoms with Crippen LogP contribution < -0.4 is 5.73 Å². The molecule has 8 aliphatic rings. The Labute approximate surface area is 411 Å². The first-order chi connectivity index (χ1) is 31.1. The molecule has 0 saturated heterocycles. The Morgan fingerprint density at radius 2 is 1.06 bits per heavy atom. The van der Waals surface area contributed by atoms with Crippen molar-refractivity contribution in [1.29, 1.82) is 5.26 Å². The normalized spacial score (nSPS) is 42.9. The standard InChI is InChI=1S/C25H38N4O3.C25H36N4O2.C2H6.3CH4/c1-23(32)10-11-24(2)15(12-23)4-5-16-17-6-7-19(25(17,3)9-8-18(16)24)21(30)14-29-27-13-20(28-29)22(26)31;1-23(31)10-11-24(2)16(12-23)4-5-18-19-6-7-21(25(19,3)9-8-20(18)24)22(30)15-29-27-14-17(13-26)28-29;1-2;;;/h13,15-19,32H,4-12,14H2,1-3H3,(H2,26,31);14,16,18-21,31H,4-12,15H2,1-3H3;1-2H3;3*1H4/t15-,16+,17+,18+,19-,23-,24+,25+;16-,18+,19+,20+,21-,23-,24+,25+;;;;/m11..../s1/i;;1D;;;. The number of nitriles is 1. The first-order valence-electron chi connectivity index (χ1n) is 26.1. The Morgan fingerprint density at radius 1 is 0.647 bits per heavy atom. The van der Waals surface area contributed by atoms with Crippen LogP contribution in [0, 0.1) is 92.2 Å². The van der Waals surface area contributed by atoms with Crippen molar-refractivity contribution in [2.24, 2.45) is 86.6 Å². The molecule has 382 valence electrons. The molecule has 1 amide bonds. The lowest BCUT2D eigenvalue weighted by Crippen LogP contribution is -2.55. The minimum atomic E-state index is -0.622. The average Bonchev–Trinajstić information content (AvgIpc) is 4.07. The number of hydrogen-bond acceptors (Lipinski definition) is 10. The van der Waals surface area contributed by atoms with E-state index in [0.717, 1.165) is 88.9 Å². The molecule has 0 aliphatic heterocycles. The van der Waals surface area contributed by atoms with Gasteiger partial charge in [0.1, 0.15) is 19.2 Å². The minimum Gasteiger partial charge on any atom is -0.390 e. The highest BCUT2D eigenvalue weighted by molar-refractivity contribution is 5.90. The second-order valence-corrected chi connectivity index (χ2v) is 24.0. The summed E-state index contributed by atoms with van der Waals surface area (Å²) in [4.78, 5) is 40.6. The van der Waals surface area contributed by atoms with E-state index in [1.807, 2.05) is 19.9 Å². The molecule has 2 aromatic rings. The van der Waals surface area contributed by atoms with E-state index in [-0.39, 0.29) is 81.0 Å². The summed E-state index contributed by atoms with van der Waals surface area (Å²) in [7, 11) is 0. The molecule has 8 saturated carbocycles. The molecule has 8 fully saturated rings. The molecule has 0 bridgehead atoms. The number of rotatable bonds is 7. The van der Waals surface area contributed by atoms with Gasteiger partial charge in [0.05, 0.1) is 23.6 Å². The van der Waals surface area contributed by atoms with E-state index in [1.54, 1.807) is 6.92 Å². The molecular formula is C55H92N8O5. The average molecular weight is 946 g/mol. The van der Waals surface area contributed by atoms with Crippen LogP contribution in [0.2, 0.25) is 0 Å². The van der Waals surface area contributed by atoms with E-state index in [0.29, 0.717) is 53.2 Å². The molecule has 2 heterocycles. The summed E-state index contributed by atoms with van der Waals surface area (Å²) in [6, 6.07) is 1.98. The monoisotopic (exact) mass is 946 g/mol. The lowest BCUT2D eigenvalue weighted by molar-refractivity contribution is -0.151. The summed E-state index contributed by atoms with van der Waals surface area (Å²) in [5.41, 5.74) is 5.45. The first-order valence-corrected chi connectivity index (χ1v) is 25.4. The molecule has 0 unspecified atom stereocenters. The van der Waals surface area contributed by atoms with E-state index >= 15 is 0 Å². The number of carbonyl (C=O) groups excluding carboxylic acids is 3. The number of nitrogens with two attached hydrogens (primary N) is 1. The van der Waals surface area contributed by atoms with Crippen molar-refractivity contribution in [3.05, 3.63) is 23.8 Å². The van der Waals surface area contributed by atoms with Crippen LogP contribution >= 0.6 is 0 Å². The van der Waals surface area contributed by atoms with Gasteiger partial charge in [-0.3, -0.25) is 14.4 Å². The van der Waals surface area contributed by atoms with Crippen LogP contribution in [0.5, 0.6) is 0 Å². The van der Waals surface area contributed by atoms with Crippen LogP contribution in [-0.4, -0.2) is 68.9 Å². The van der Waals surface area contributed by atoms with Gasteiger partial charge in [-0.05, 0) is 198 Å². The molecule has 13 nitrogen and oxygen atoms in total. The third kappa shape index (κ3) is 9.65. The molecule has 13 heteroatoms. The molecule has 10 rings (SSSR count). The fourth-order valence-corrected chi connectivity index (χ4v) is 17.3. The minimum absolute atomic E-state index is 0. The van der Waals surface area contributed by atoms with E-state index in [2.05, 4.69) is 48.1 Å². The maximum absolute atomic E-state index is 13.3. The Kier molecular flexibility index (Phi) is 16.1. The molecule has 2 aromatic heterocycles. The van der Waals surface area contributed by atoms with Crippen molar-refractivity contribution in [2.75, 3.05) is 0 Å². The van der Waals surface area contributed by atoms with Crippen LogP contribution in [0.15, 0.2) is 12.4 Å². The summed E-state index contributed by atoms with van der Waals surface area (Å²) < 4.78 is 6.21. The Hall–Kier alpha value is -3.50. The molecule has 8 aliphatic carbocycles. The van der Waals surface area contributed by atoms with Crippen molar-refractivity contribution >= 4 is 17.5 Å². The second-order valence-electron chi connectivity index (χ2n) is 24.0. The van der Waals surface area contributed by atoms with Crippen molar-refractivity contribution in [1.82, 2.24) is 30.0 Å². The van der Waals surface area contributed by atoms with Crippen LogP contribution in [0.3, 0.4) is 0 Å². The zero-order valence-electron chi connectivity index (χ0n) is 41.6. The summed E-state index contributed by atoms with van der Waals surface area (Å²) in [6.07, 6.45) is 22.6. The highest BCUT2D eigenvalue weighted by atomic mass is 16.3. The van der Waals surface area contributed by atoms with E-state index in [4.69, 9.17) is 12.4 Å². The molecular weight excluding hydrogens is 853 g/mol. The van der Waals surface area contributed by atoms with Crippen LogP contribution in [0.4, 0.5) is 0 Å². The van der Waals surface area contributed by atoms with Crippen molar-refractivity contribution in [2.45, 2.75) is 218 Å². The predicted octanol–water partition coefficient (Wildman–Crippen LogP) is 10.4. The number of Topliss-reactive ketones (excluding diaryl/α,β-unsaturated/α-hetero) is 2. The third-order valence-electron chi connectivity index (χ3n) is 20.7. The molecule has 0 aromatic carbocycles. The lowest BCUT2D eigenvalue weighted by Gasteiger charge is -2.61. The second kappa shape index (κ2) is 20.3. The Morgan fingerprint density at radius 3 is 1.46 bits per heavy atom. The topological polar surface area (TPSA) is 203 Å². The molecule has 0 spiro atoms. The van der Waals surface area contributed by atoms with Crippen LogP contribution in [0.1, 0.15) is 211 Å². The molecule has 68 heavy (non-hydrogen) atoms. The number of nitrogens with zero attached hydrogens (tertiary/aromatic N) is 7. The molecule has 4 N–H and O–H groups in total. The fraction of sp³-hybridized carbons (Fsp3) is 0.855. The number of aliphatic hydroxyl groups is 2. The summed E-state index contributed by atoms with van der Waals surface area (Å²) in [5, 5.41) is 46.7. The van der Waals surface area contributed by atoms with Crippen LogP contribution in [0.25, 0.3) is 0 Å². The third-order valence-corrected chi connectivity index (χ3v) is 20.7. The van der Waals surface area contributed by atoms with Crippen molar-refractivity contribution < 1.29 is 26.0 Å². The van der Waals surface area contributed by atoms with Gasteiger partial charge in [0.2, 0.25) is 0 Å². The largest absolute Gasteiger partial charge is 0.390 e. The molecule has 16 atom stereocenters. The van der Waals surface area contributed by atoms with Crippen molar-refractivity contribution in [3.8, 4) is 6.07 Å². The fourth-order valence-electron chi connectivity index (χ4n) is 17.3. The van der Waals surface area contributed by atoms with Gasteiger partial charge in [-0.2, -0.15) is 25.1 Å². The summed E-state index contributed by atoms with van der Waals surface area (Å²) >= 11 is 0. The Bertz CT molecular complexity index is 2170. The number of ketones is 2. The predicted molar refractivity (Wildman–Crippen MR) is 267 cm³/mol. The van der Waals surface area contributed by atoms with Gasteiger partial charge >= 0.3 is 0 Å². The first kappa shape index (κ1) is 53.8. The number of carbonyl (C=O) groups is 3. The van der Waals surface area contributed by atoms with Gasteiger partial charge in [0.25, 0.3) is 5.91 Å². The number of amides is 1. The van der Waals surface area contributed by atoms with E-state index in [1.165, 1.54) is 60.5 Å². The summed E-state index contributed by atoms with van der Waals surface area (Å²) in [5.74, 6) is 5.27. The number of hydrogen-bond donors (Lipinski definition) is 3. The highest BCUT2D eigenvalue weighted by Crippen LogP contribution is 2.70. The Balaban J connectivity index is 0.000000234. The maximum Gasteiger partial charge on any atom is 0.270 e. The SMILES string of the molecule is C.C.C.C[C@@]1(O)CC[C@@]2(C)[C@H](CC[C@@H]3[C@@H]2CC[C@]2(C)[C@@H](C(=O)Cn4ncc(C#N)n4)CC[C@@H]32)C1.C[C@@]1(O)CC[C@@]2(C)[C@H](CC[C@@H]3[C@@H]2CC[C@]2(C)[C@@H](C(=O)Cn4ncc(C(N)=O)n4)CC[C@@H]32)C1.[2H]CC. The highest BCUT2D eigenvalue weighted by Gasteiger charge is 2.63. The van der Waals surface area contributed by atoms with E-state index in [9.17, 15) is 24.6 Å². The number of fused-ring (bicyclic) bond motifs is 10. The quantitative estimate of drug-likeness (QED) is 0.240. The maximum atomic E-state index is 13.3. The van der Waals surface area contributed by atoms with Gasteiger partial charge in [-0.25, -0.2) is 0 Å². The van der Waals surface area contributed by atoms with Crippen molar-refractivity contribution in [3.63, 3.8) is 0 Å².